The number of non-ortho nitro benzene ring substituents is 1. The van der Waals surface area contributed by atoms with E-state index in [1.54, 1.807) is 18.2 Å². The van der Waals surface area contributed by atoms with E-state index in [2.05, 4.69) is 5.32 Å². The highest BCUT2D eigenvalue weighted by atomic mass is 16.6. The molecule has 0 aliphatic carbocycles. The summed E-state index contributed by atoms with van der Waals surface area (Å²) in [6.07, 6.45) is 1.69. The lowest BCUT2D eigenvalue weighted by Crippen LogP contribution is -2.16. The molecule has 0 aromatic heterocycles. The maximum Gasteiger partial charge on any atom is 0.269 e. The Bertz CT molecular complexity index is 324. The van der Waals surface area contributed by atoms with Gasteiger partial charge in [0.15, 0.2) is 0 Å². The van der Waals surface area contributed by atoms with Crippen molar-refractivity contribution in [1.29, 1.82) is 0 Å². The van der Waals surface area contributed by atoms with E-state index in [4.69, 9.17) is 4.74 Å². The van der Waals surface area contributed by atoms with Gasteiger partial charge in [-0.05, 0) is 19.9 Å². The molecule has 1 heterocycles. The number of nitro benzene ring substituents is 1. The van der Waals surface area contributed by atoms with Gasteiger partial charge in [0.05, 0.1) is 11.0 Å². The van der Waals surface area contributed by atoms with Gasteiger partial charge in [-0.15, -0.1) is 0 Å². The molecule has 1 fully saturated rings. The molecule has 0 amide bonds. The van der Waals surface area contributed by atoms with Gasteiger partial charge in [-0.25, -0.2) is 0 Å². The minimum atomic E-state index is -0.417. The molecule has 1 unspecified atom stereocenters. The van der Waals surface area contributed by atoms with Crippen LogP contribution in [0.5, 0.6) is 0 Å². The fourth-order valence-electron chi connectivity index (χ4n) is 1.56. The van der Waals surface area contributed by atoms with Crippen LogP contribution in [0.25, 0.3) is 0 Å². The normalized spacial score (nSPS) is 18.3. The van der Waals surface area contributed by atoms with Gasteiger partial charge in [-0.1, -0.05) is 18.2 Å². The third kappa shape index (κ3) is 5.42. The van der Waals surface area contributed by atoms with Crippen molar-refractivity contribution in [2.45, 2.75) is 19.4 Å². The summed E-state index contributed by atoms with van der Waals surface area (Å²) in [5.41, 5.74) is 0.137. The Morgan fingerprint density at radius 2 is 2.18 bits per heavy atom. The van der Waals surface area contributed by atoms with Gasteiger partial charge in [0.1, 0.15) is 0 Å². The number of hydrogen-bond acceptors (Lipinski definition) is 4. The van der Waals surface area contributed by atoms with Crippen molar-refractivity contribution >= 4 is 5.69 Å². The van der Waals surface area contributed by atoms with E-state index in [9.17, 15) is 10.1 Å². The lowest BCUT2D eigenvalue weighted by atomic mass is 10.3. The molecule has 0 radical (unpaired) electrons. The molecular weight excluding hydrogens is 220 g/mol. The van der Waals surface area contributed by atoms with Crippen LogP contribution in [0, 0.1) is 10.1 Å². The zero-order valence-electron chi connectivity index (χ0n) is 9.96. The smallest absolute Gasteiger partial charge is 0.269 e. The molecule has 1 N–H and O–H groups in total. The third-order valence-electron chi connectivity index (χ3n) is 2.38. The summed E-state index contributed by atoms with van der Waals surface area (Å²) >= 11 is 0. The molecule has 1 saturated heterocycles. The van der Waals surface area contributed by atoms with Gasteiger partial charge in [0, 0.05) is 25.3 Å². The van der Waals surface area contributed by atoms with E-state index in [-0.39, 0.29) is 5.69 Å². The lowest BCUT2D eigenvalue weighted by molar-refractivity contribution is -0.384. The summed E-state index contributed by atoms with van der Waals surface area (Å²) in [5, 5.41) is 13.2. The SMILES string of the molecule is CCOC1CCNC1.O=[N+]([O-])c1ccccc1. The Kier molecular flexibility index (Phi) is 6.21. The lowest BCUT2D eigenvalue weighted by Gasteiger charge is -2.05. The standard InChI is InChI=1S/C6H5NO2.C6H13NO/c8-7(9)6-4-2-1-3-5-6;1-2-8-6-3-4-7-5-6/h1-5H;6-7H,2-5H2,1H3. The monoisotopic (exact) mass is 238 g/mol. The summed E-state index contributed by atoms with van der Waals surface area (Å²) in [7, 11) is 0. The fourth-order valence-corrected chi connectivity index (χ4v) is 1.56. The molecule has 5 nitrogen and oxygen atoms in total. The topological polar surface area (TPSA) is 64.4 Å². The van der Waals surface area contributed by atoms with E-state index in [0.717, 1.165) is 19.7 Å². The van der Waals surface area contributed by atoms with E-state index in [1.165, 1.54) is 18.6 Å². The molecule has 1 aromatic rings. The number of rotatable bonds is 3. The molecule has 94 valence electrons. The molecule has 0 saturated carbocycles. The quantitative estimate of drug-likeness (QED) is 0.646. The van der Waals surface area contributed by atoms with Gasteiger partial charge in [0.2, 0.25) is 0 Å². The predicted molar refractivity (Wildman–Crippen MR) is 66.0 cm³/mol. The molecule has 1 atom stereocenters. The zero-order chi connectivity index (χ0) is 12.5. The third-order valence-corrected chi connectivity index (χ3v) is 2.38. The van der Waals surface area contributed by atoms with Crippen LogP contribution in [-0.2, 0) is 4.74 Å². The molecule has 0 bridgehead atoms. The Morgan fingerprint density at radius 1 is 1.47 bits per heavy atom. The molecule has 1 aromatic carbocycles. The summed E-state index contributed by atoms with van der Waals surface area (Å²) in [5.74, 6) is 0. The summed E-state index contributed by atoms with van der Waals surface area (Å²) in [4.78, 5) is 9.59. The number of ether oxygens (including phenoxy) is 1. The summed E-state index contributed by atoms with van der Waals surface area (Å²) in [6, 6.07) is 7.93. The number of para-hydroxylation sites is 1. The van der Waals surface area contributed by atoms with Crippen LogP contribution in [0.15, 0.2) is 30.3 Å². The van der Waals surface area contributed by atoms with Gasteiger partial charge in [-0.2, -0.15) is 0 Å². The van der Waals surface area contributed by atoms with Crippen LogP contribution in [0.3, 0.4) is 0 Å². The second-order valence-electron chi connectivity index (χ2n) is 3.66. The number of hydrogen-bond donors (Lipinski definition) is 1. The van der Waals surface area contributed by atoms with Crippen LogP contribution in [-0.4, -0.2) is 30.7 Å². The number of benzene rings is 1. The maximum atomic E-state index is 10.0. The molecular formula is C12H18N2O3. The van der Waals surface area contributed by atoms with Crippen LogP contribution < -0.4 is 5.32 Å². The van der Waals surface area contributed by atoms with Gasteiger partial charge >= 0.3 is 0 Å². The van der Waals surface area contributed by atoms with Crippen molar-refractivity contribution in [2.24, 2.45) is 0 Å². The van der Waals surface area contributed by atoms with E-state index >= 15 is 0 Å². The van der Waals surface area contributed by atoms with Crippen molar-refractivity contribution in [3.63, 3.8) is 0 Å². The summed E-state index contributed by atoms with van der Waals surface area (Å²) < 4.78 is 5.34. The molecule has 5 heteroatoms. The van der Waals surface area contributed by atoms with Gasteiger partial charge in [0.25, 0.3) is 5.69 Å². The van der Waals surface area contributed by atoms with E-state index in [0.29, 0.717) is 6.10 Å². The Hall–Kier alpha value is -1.46. The number of nitro groups is 1. The minimum absolute atomic E-state index is 0.137. The largest absolute Gasteiger partial charge is 0.377 e. The minimum Gasteiger partial charge on any atom is -0.377 e. The molecule has 0 spiro atoms. The van der Waals surface area contributed by atoms with E-state index in [1.807, 2.05) is 6.92 Å². The highest BCUT2D eigenvalue weighted by Crippen LogP contribution is 2.06. The van der Waals surface area contributed by atoms with Gasteiger partial charge in [-0.3, -0.25) is 10.1 Å². The molecule has 1 aliphatic rings. The van der Waals surface area contributed by atoms with Crippen molar-refractivity contribution in [1.82, 2.24) is 5.32 Å². The van der Waals surface area contributed by atoms with Crippen molar-refractivity contribution in [3.05, 3.63) is 40.4 Å². The highest BCUT2D eigenvalue weighted by Gasteiger charge is 2.12. The second-order valence-corrected chi connectivity index (χ2v) is 3.66. The maximum absolute atomic E-state index is 10.0. The molecule has 2 rings (SSSR count). The van der Waals surface area contributed by atoms with Crippen LogP contribution in [0.4, 0.5) is 5.69 Å². The van der Waals surface area contributed by atoms with Crippen LogP contribution in [0.2, 0.25) is 0 Å². The molecule has 1 aliphatic heterocycles. The first-order valence-corrected chi connectivity index (χ1v) is 5.75. The second kappa shape index (κ2) is 7.76. The number of nitrogens with zero attached hydrogens (tertiary/aromatic N) is 1. The van der Waals surface area contributed by atoms with E-state index < -0.39 is 4.92 Å². The average Bonchev–Trinajstić information content (AvgIpc) is 2.84. The van der Waals surface area contributed by atoms with Gasteiger partial charge < -0.3 is 10.1 Å². The van der Waals surface area contributed by atoms with Crippen molar-refractivity contribution < 1.29 is 9.66 Å². The van der Waals surface area contributed by atoms with Crippen molar-refractivity contribution in [3.8, 4) is 0 Å². The first-order chi connectivity index (χ1) is 8.24. The fraction of sp³-hybridized carbons (Fsp3) is 0.500. The first kappa shape index (κ1) is 13.6. The van der Waals surface area contributed by atoms with Crippen molar-refractivity contribution in [2.75, 3.05) is 19.7 Å². The van der Waals surface area contributed by atoms with Crippen LogP contribution in [0.1, 0.15) is 13.3 Å². The summed E-state index contributed by atoms with van der Waals surface area (Å²) in [6.45, 7) is 5.07. The Morgan fingerprint density at radius 3 is 2.59 bits per heavy atom. The highest BCUT2D eigenvalue weighted by molar-refractivity contribution is 5.27. The average molecular weight is 238 g/mol. The predicted octanol–water partition coefficient (Wildman–Crippen LogP) is 1.98. The Balaban J connectivity index is 0.000000171. The Labute approximate surface area is 101 Å². The first-order valence-electron chi connectivity index (χ1n) is 5.75. The van der Waals surface area contributed by atoms with Crippen LogP contribution >= 0.6 is 0 Å². The molecule has 17 heavy (non-hydrogen) atoms. The number of nitrogens with one attached hydrogen (secondary N) is 1. The zero-order valence-corrected chi connectivity index (χ0v) is 9.96.